The Morgan fingerprint density at radius 2 is 2.29 bits per heavy atom. The fraction of sp³-hybridized carbons (Fsp3) is 0.300. The molecule has 0 aliphatic carbocycles. The van der Waals surface area contributed by atoms with Crippen LogP contribution in [0.15, 0.2) is 18.2 Å². The Kier molecular flexibility index (Phi) is 3.48. The molecule has 0 spiro atoms. The number of nitrogens with two attached hydrogens (primary N) is 1. The third-order valence-electron chi connectivity index (χ3n) is 1.87. The molecule has 0 bridgehead atoms. The van der Waals surface area contributed by atoms with E-state index in [0.717, 1.165) is 5.56 Å². The summed E-state index contributed by atoms with van der Waals surface area (Å²) in [7, 11) is 0. The van der Waals surface area contributed by atoms with E-state index in [1.165, 1.54) is 0 Å². The summed E-state index contributed by atoms with van der Waals surface area (Å²) in [5, 5.41) is 11.2. The van der Waals surface area contributed by atoms with Crippen molar-refractivity contribution in [2.45, 2.75) is 13.3 Å². The van der Waals surface area contributed by atoms with Crippen LogP contribution in [0.3, 0.4) is 0 Å². The molecule has 0 aliphatic heterocycles. The fourth-order valence-electron chi connectivity index (χ4n) is 1.09. The molecule has 0 aliphatic rings. The lowest BCUT2D eigenvalue weighted by atomic mass is 10.2. The predicted molar refractivity (Wildman–Crippen MR) is 55.9 cm³/mol. The van der Waals surface area contributed by atoms with Crippen molar-refractivity contribution < 1.29 is 9.90 Å². The predicted octanol–water partition coefficient (Wildman–Crippen LogP) is 0.898. The molecule has 1 aromatic carbocycles. The summed E-state index contributed by atoms with van der Waals surface area (Å²) < 4.78 is 0. The van der Waals surface area contributed by atoms with Crippen LogP contribution in [0.2, 0.25) is 0 Å². The van der Waals surface area contributed by atoms with E-state index in [1.54, 1.807) is 12.1 Å². The number of hydrogen-bond donors (Lipinski definition) is 3. The molecule has 0 fully saturated rings. The lowest BCUT2D eigenvalue weighted by Gasteiger charge is -2.08. The number of aryl methyl sites for hydroxylation is 1. The quantitative estimate of drug-likeness (QED) is 0.626. The summed E-state index contributed by atoms with van der Waals surface area (Å²) in [6, 6.07) is 5.31. The summed E-state index contributed by atoms with van der Waals surface area (Å²) in [5.74, 6) is -0.207. The Morgan fingerprint density at radius 1 is 1.57 bits per heavy atom. The van der Waals surface area contributed by atoms with Gasteiger partial charge in [-0.3, -0.25) is 4.79 Å². The minimum Gasteiger partial charge on any atom is -0.399 e. The maximum absolute atomic E-state index is 11.2. The average molecular weight is 194 g/mol. The standard InChI is InChI=1S/C10H14N2O2/c1-7-2-3-8(11)6-9(7)12-10(14)4-5-13/h2-3,6,13H,4-5,11H2,1H3,(H,12,14). The van der Waals surface area contributed by atoms with Crippen molar-refractivity contribution in [1.82, 2.24) is 0 Å². The van der Waals surface area contributed by atoms with Gasteiger partial charge in [0.05, 0.1) is 13.0 Å². The normalized spacial score (nSPS) is 9.86. The van der Waals surface area contributed by atoms with Crippen molar-refractivity contribution in [2.75, 3.05) is 17.7 Å². The van der Waals surface area contributed by atoms with Gasteiger partial charge in [-0.2, -0.15) is 0 Å². The molecule has 0 unspecified atom stereocenters. The van der Waals surface area contributed by atoms with Gasteiger partial charge in [0.1, 0.15) is 0 Å². The van der Waals surface area contributed by atoms with Crippen LogP contribution < -0.4 is 11.1 Å². The highest BCUT2D eigenvalue weighted by Gasteiger charge is 2.03. The number of nitrogens with one attached hydrogen (secondary N) is 1. The van der Waals surface area contributed by atoms with E-state index in [4.69, 9.17) is 10.8 Å². The van der Waals surface area contributed by atoms with Crippen molar-refractivity contribution >= 4 is 17.3 Å². The van der Waals surface area contributed by atoms with Crippen LogP contribution >= 0.6 is 0 Å². The van der Waals surface area contributed by atoms with Gasteiger partial charge in [-0.05, 0) is 24.6 Å². The number of rotatable bonds is 3. The molecule has 4 N–H and O–H groups in total. The van der Waals surface area contributed by atoms with Gasteiger partial charge in [0.25, 0.3) is 0 Å². The number of anilines is 2. The lowest BCUT2D eigenvalue weighted by Crippen LogP contribution is -2.13. The number of nitrogen functional groups attached to an aromatic ring is 1. The smallest absolute Gasteiger partial charge is 0.226 e. The highest BCUT2D eigenvalue weighted by atomic mass is 16.3. The third-order valence-corrected chi connectivity index (χ3v) is 1.87. The van der Waals surface area contributed by atoms with Gasteiger partial charge >= 0.3 is 0 Å². The first-order chi connectivity index (χ1) is 6.63. The zero-order chi connectivity index (χ0) is 10.6. The second-order valence-electron chi connectivity index (χ2n) is 3.10. The van der Waals surface area contributed by atoms with Crippen LogP contribution in [-0.4, -0.2) is 17.6 Å². The van der Waals surface area contributed by atoms with E-state index in [0.29, 0.717) is 11.4 Å². The number of aliphatic hydroxyl groups is 1. The first kappa shape index (κ1) is 10.5. The number of carbonyl (C=O) groups is 1. The molecule has 0 atom stereocenters. The van der Waals surface area contributed by atoms with E-state index in [9.17, 15) is 4.79 Å². The van der Waals surface area contributed by atoms with Crippen molar-refractivity contribution in [1.29, 1.82) is 0 Å². The van der Waals surface area contributed by atoms with E-state index in [-0.39, 0.29) is 18.9 Å². The monoisotopic (exact) mass is 194 g/mol. The maximum Gasteiger partial charge on any atom is 0.226 e. The molecule has 76 valence electrons. The second-order valence-corrected chi connectivity index (χ2v) is 3.10. The molecule has 0 saturated carbocycles. The summed E-state index contributed by atoms with van der Waals surface area (Å²) in [6.07, 6.45) is 0.105. The molecular weight excluding hydrogens is 180 g/mol. The summed E-state index contributed by atoms with van der Waals surface area (Å²) >= 11 is 0. The Bertz CT molecular complexity index is 337. The fourth-order valence-corrected chi connectivity index (χ4v) is 1.09. The first-order valence-corrected chi connectivity index (χ1v) is 4.40. The van der Waals surface area contributed by atoms with Crippen LogP contribution in [-0.2, 0) is 4.79 Å². The molecule has 0 saturated heterocycles. The number of carbonyl (C=O) groups excluding carboxylic acids is 1. The van der Waals surface area contributed by atoms with Crippen LogP contribution in [0.4, 0.5) is 11.4 Å². The molecule has 0 radical (unpaired) electrons. The van der Waals surface area contributed by atoms with Crippen LogP contribution in [0, 0.1) is 6.92 Å². The van der Waals surface area contributed by atoms with Gasteiger partial charge in [-0.1, -0.05) is 6.07 Å². The molecule has 14 heavy (non-hydrogen) atoms. The van der Waals surface area contributed by atoms with E-state index >= 15 is 0 Å². The topological polar surface area (TPSA) is 75.3 Å². The van der Waals surface area contributed by atoms with Crippen LogP contribution in [0.5, 0.6) is 0 Å². The minimum atomic E-state index is -0.207. The molecule has 1 aromatic rings. The highest BCUT2D eigenvalue weighted by molar-refractivity contribution is 5.92. The summed E-state index contributed by atoms with van der Waals surface area (Å²) in [6.45, 7) is 1.74. The minimum absolute atomic E-state index is 0.105. The molecule has 0 heterocycles. The highest BCUT2D eigenvalue weighted by Crippen LogP contribution is 2.17. The van der Waals surface area contributed by atoms with Gasteiger partial charge < -0.3 is 16.2 Å². The molecule has 4 heteroatoms. The Hall–Kier alpha value is -1.55. The molecular formula is C10H14N2O2. The van der Waals surface area contributed by atoms with Gasteiger partial charge in [0, 0.05) is 11.4 Å². The van der Waals surface area contributed by atoms with Crippen molar-refractivity contribution in [2.24, 2.45) is 0 Å². The van der Waals surface area contributed by atoms with Crippen molar-refractivity contribution in [3.63, 3.8) is 0 Å². The summed E-state index contributed by atoms with van der Waals surface area (Å²) in [4.78, 5) is 11.2. The Labute approximate surface area is 82.7 Å². The van der Waals surface area contributed by atoms with Gasteiger partial charge in [-0.25, -0.2) is 0 Å². The number of benzene rings is 1. The number of hydrogen-bond acceptors (Lipinski definition) is 3. The average Bonchev–Trinajstić information content (AvgIpc) is 2.12. The molecule has 1 amide bonds. The SMILES string of the molecule is Cc1ccc(N)cc1NC(=O)CCO. The molecule has 0 aromatic heterocycles. The number of amides is 1. The van der Waals surface area contributed by atoms with Crippen LogP contribution in [0.25, 0.3) is 0 Å². The van der Waals surface area contributed by atoms with Gasteiger partial charge in [-0.15, -0.1) is 0 Å². The van der Waals surface area contributed by atoms with E-state index in [2.05, 4.69) is 5.32 Å². The van der Waals surface area contributed by atoms with Crippen LogP contribution in [0.1, 0.15) is 12.0 Å². The van der Waals surface area contributed by atoms with Crippen molar-refractivity contribution in [3.05, 3.63) is 23.8 Å². The number of aliphatic hydroxyl groups excluding tert-OH is 1. The lowest BCUT2D eigenvalue weighted by molar-refractivity contribution is -0.116. The summed E-state index contributed by atoms with van der Waals surface area (Å²) in [5.41, 5.74) is 7.83. The first-order valence-electron chi connectivity index (χ1n) is 4.40. The molecule has 4 nitrogen and oxygen atoms in total. The van der Waals surface area contributed by atoms with E-state index < -0.39 is 0 Å². The van der Waals surface area contributed by atoms with Crippen molar-refractivity contribution in [3.8, 4) is 0 Å². The maximum atomic E-state index is 11.2. The van der Waals surface area contributed by atoms with Gasteiger partial charge in [0.15, 0.2) is 0 Å². The van der Waals surface area contributed by atoms with Gasteiger partial charge in [0.2, 0.25) is 5.91 Å². The zero-order valence-electron chi connectivity index (χ0n) is 8.08. The van der Waals surface area contributed by atoms with E-state index in [1.807, 2.05) is 13.0 Å². The Balaban J connectivity index is 2.75. The largest absolute Gasteiger partial charge is 0.399 e. The Morgan fingerprint density at radius 3 is 2.93 bits per heavy atom. The zero-order valence-corrected chi connectivity index (χ0v) is 8.08. The molecule has 1 rings (SSSR count). The third kappa shape index (κ3) is 2.74. The second kappa shape index (κ2) is 4.62.